The fourth-order valence-electron chi connectivity index (χ4n) is 3.25. The highest BCUT2D eigenvalue weighted by molar-refractivity contribution is 7.94. The average molecular weight is 364 g/mol. The van der Waals surface area contributed by atoms with Crippen LogP contribution in [0, 0.1) is 0 Å². The number of aliphatic carboxylic acids is 1. The van der Waals surface area contributed by atoms with E-state index < -0.39 is 37.9 Å². The summed E-state index contributed by atoms with van der Waals surface area (Å²) in [5, 5.41) is 8.06. The van der Waals surface area contributed by atoms with E-state index in [0.717, 1.165) is 4.90 Å². The first-order valence-corrected chi connectivity index (χ1v) is 9.02. The van der Waals surface area contributed by atoms with Crippen molar-refractivity contribution in [3.63, 3.8) is 0 Å². The van der Waals surface area contributed by atoms with Gasteiger partial charge in [-0.3, -0.25) is 14.6 Å². The highest BCUT2D eigenvalue weighted by Gasteiger charge is 2.70. The van der Waals surface area contributed by atoms with E-state index in [2.05, 4.69) is 4.98 Å². The van der Waals surface area contributed by atoms with Gasteiger partial charge in [0, 0.05) is 11.8 Å². The number of β-lactam (4-membered cyclic amide) rings is 1. The Labute approximate surface area is 144 Å². The van der Waals surface area contributed by atoms with Crippen molar-refractivity contribution in [2.45, 2.75) is 36.9 Å². The Morgan fingerprint density at radius 2 is 2.00 bits per heavy atom. The lowest BCUT2D eigenvalue weighted by Gasteiger charge is -2.37. The van der Waals surface area contributed by atoms with Gasteiger partial charge < -0.3 is 10.0 Å². The van der Waals surface area contributed by atoms with Gasteiger partial charge in [-0.15, -0.1) is 0 Å². The number of carbonyl (C=O) groups excluding carboxylic acids is 2. The third-order valence-electron chi connectivity index (χ3n) is 4.69. The Morgan fingerprint density at radius 1 is 1.36 bits per heavy atom. The van der Waals surface area contributed by atoms with Gasteiger partial charge in [0.2, 0.25) is 0 Å². The molecule has 8 nitrogen and oxygen atoms in total. The van der Waals surface area contributed by atoms with E-state index in [4.69, 9.17) is 0 Å². The van der Waals surface area contributed by atoms with Crippen LogP contribution in [0.5, 0.6) is 0 Å². The highest BCUT2D eigenvalue weighted by Crippen LogP contribution is 2.48. The minimum atomic E-state index is -3.93. The normalized spacial score (nSPS) is 27.7. The summed E-state index contributed by atoms with van der Waals surface area (Å²) in [6, 6.07) is 1.52. The summed E-state index contributed by atoms with van der Waals surface area (Å²) in [5.74, 6) is -2.20. The number of pyridine rings is 1. The fraction of sp³-hybridized carbons (Fsp3) is 0.375. The third-order valence-corrected chi connectivity index (χ3v) is 7.45. The lowest BCUT2D eigenvalue weighted by atomic mass is 9.95. The van der Waals surface area contributed by atoms with Crippen molar-refractivity contribution >= 4 is 33.6 Å². The molecule has 2 atom stereocenters. The van der Waals surface area contributed by atoms with Gasteiger partial charge in [-0.2, -0.15) is 0 Å². The van der Waals surface area contributed by atoms with Crippen LogP contribution in [0.25, 0.3) is 6.08 Å². The molecule has 2 aliphatic heterocycles. The van der Waals surface area contributed by atoms with E-state index >= 15 is 0 Å². The molecule has 132 valence electrons. The molecule has 0 aliphatic carbocycles. The molecule has 2 fully saturated rings. The largest absolute Gasteiger partial charge is 0.480 e. The number of carbonyl (C=O) groups is 3. The smallest absolute Gasteiger partial charge is 0.328 e. The van der Waals surface area contributed by atoms with E-state index in [1.54, 1.807) is 0 Å². The van der Waals surface area contributed by atoms with Crippen LogP contribution in [0.15, 0.2) is 23.9 Å². The minimum Gasteiger partial charge on any atom is -0.480 e. The zero-order valence-electron chi connectivity index (χ0n) is 13.8. The molecule has 3 rings (SSSR count). The Balaban J connectivity index is 2.08. The maximum absolute atomic E-state index is 12.7. The van der Waals surface area contributed by atoms with Gasteiger partial charge >= 0.3 is 5.97 Å². The first-order valence-electron chi connectivity index (χ1n) is 7.47. The molecule has 1 N–H and O–H groups in total. The molecule has 0 unspecified atom stereocenters. The number of amides is 1. The van der Waals surface area contributed by atoms with Gasteiger partial charge in [-0.25, -0.2) is 13.2 Å². The van der Waals surface area contributed by atoms with Gasteiger partial charge in [-0.05, 0) is 39.0 Å². The first-order chi connectivity index (χ1) is 11.5. The Morgan fingerprint density at radius 3 is 2.56 bits per heavy atom. The second-order valence-electron chi connectivity index (χ2n) is 6.58. The Bertz CT molecular complexity index is 947. The number of aromatic nitrogens is 1. The molecule has 1 aromatic rings. The molecule has 25 heavy (non-hydrogen) atoms. The molecule has 3 heterocycles. The quantitative estimate of drug-likeness (QED) is 0.471. The zero-order chi connectivity index (χ0) is 18.7. The first kappa shape index (κ1) is 17.3. The van der Waals surface area contributed by atoms with Gasteiger partial charge in [0.1, 0.15) is 4.75 Å². The summed E-state index contributed by atoms with van der Waals surface area (Å²) in [6.45, 7) is 3.99. The fourth-order valence-corrected chi connectivity index (χ4v) is 5.37. The molecule has 2 saturated heterocycles. The van der Waals surface area contributed by atoms with Crippen LogP contribution in [0.1, 0.15) is 36.8 Å². The molecular formula is C16H16N2O6S. The van der Waals surface area contributed by atoms with E-state index in [9.17, 15) is 27.9 Å². The molecular weight excluding hydrogens is 348 g/mol. The topological polar surface area (TPSA) is 122 Å². The summed E-state index contributed by atoms with van der Waals surface area (Å²) in [6.07, 6.45) is 2.69. The van der Waals surface area contributed by atoms with E-state index in [1.165, 1.54) is 45.2 Å². The van der Waals surface area contributed by atoms with E-state index in [-0.39, 0.29) is 17.1 Å². The summed E-state index contributed by atoms with van der Waals surface area (Å²) in [7, 11) is -3.93. The van der Waals surface area contributed by atoms with Crippen LogP contribution < -0.4 is 0 Å². The van der Waals surface area contributed by atoms with Crippen molar-refractivity contribution in [3.05, 3.63) is 35.2 Å². The molecule has 0 aromatic carbocycles. The van der Waals surface area contributed by atoms with Crippen molar-refractivity contribution in [2.75, 3.05) is 0 Å². The number of hydrogen-bond donors (Lipinski definition) is 1. The monoisotopic (exact) mass is 364 g/mol. The van der Waals surface area contributed by atoms with E-state index in [1.807, 2.05) is 0 Å². The number of Topliss-reactive ketones (excluding diaryl/α,β-unsaturated/α-hetero) is 1. The predicted octanol–water partition coefficient (Wildman–Crippen LogP) is 0.496. The molecule has 0 saturated carbocycles. The van der Waals surface area contributed by atoms with Gasteiger partial charge in [0.15, 0.2) is 27.0 Å². The van der Waals surface area contributed by atoms with Gasteiger partial charge in [0.25, 0.3) is 5.91 Å². The Kier molecular flexibility index (Phi) is 3.61. The highest BCUT2D eigenvalue weighted by atomic mass is 32.2. The molecule has 0 radical (unpaired) electrons. The molecule has 1 amide bonds. The number of hydrogen-bond acceptors (Lipinski definition) is 6. The van der Waals surface area contributed by atoms with Crippen molar-refractivity contribution in [2.24, 2.45) is 0 Å². The number of nitrogens with zero attached hydrogens (tertiary/aromatic N) is 2. The summed E-state index contributed by atoms with van der Waals surface area (Å²) in [4.78, 5) is 40.2. The Hall–Kier alpha value is -2.55. The maximum atomic E-state index is 12.7. The van der Waals surface area contributed by atoms with Crippen LogP contribution in [0.4, 0.5) is 0 Å². The third kappa shape index (κ3) is 2.22. The molecule has 0 bridgehead atoms. The van der Waals surface area contributed by atoms with E-state index in [0.29, 0.717) is 5.56 Å². The predicted molar refractivity (Wildman–Crippen MR) is 87.3 cm³/mol. The van der Waals surface area contributed by atoms with Crippen LogP contribution in [-0.2, 0) is 19.4 Å². The van der Waals surface area contributed by atoms with Gasteiger partial charge in [-0.1, -0.05) is 0 Å². The summed E-state index contributed by atoms with van der Waals surface area (Å²) < 4.78 is 23.9. The van der Waals surface area contributed by atoms with Crippen molar-refractivity contribution in [3.8, 4) is 0 Å². The van der Waals surface area contributed by atoms with Crippen LogP contribution in [-0.4, -0.2) is 57.2 Å². The second kappa shape index (κ2) is 5.22. The molecule has 1 aromatic heterocycles. The van der Waals surface area contributed by atoms with Crippen LogP contribution >= 0.6 is 0 Å². The average Bonchev–Trinajstić information content (AvgIpc) is 2.66. The summed E-state index contributed by atoms with van der Waals surface area (Å²) in [5.41, 5.74) is 0.607. The lowest BCUT2D eigenvalue weighted by Crippen LogP contribution is -2.58. The van der Waals surface area contributed by atoms with Crippen molar-refractivity contribution in [1.82, 2.24) is 9.88 Å². The van der Waals surface area contributed by atoms with Crippen molar-refractivity contribution in [1.29, 1.82) is 0 Å². The SMILES string of the molecule is CC(=O)c1ccnc(/C=C2/C(=O)N3[C@@H](C(=O)O)C(C)(C)S(=O)(=O)[C@H]23)c1. The summed E-state index contributed by atoms with van der Waals surface area (Å²) >= 11 is 0. The number of carboxylic acid groups (broad SMARTS) is 1. The van der Waals surface area contributed by atoms with Crippen LogP contribution in [0.3, 0.4) is 0 Å². The minimum absolute atomic E-state index is 0.0370. The zero-order valence-corrected chi connectivity index (χ0v) is 14.6. The number of sulfone groups is 1. The van der Waals surface area contributed by atoms with Crippen LogP contribution in [0.2, 0.25) is 0 Å². The lowest BCUT2D eigenvalue weighted by molar-refractivity contribution is -0.152. The molecule has 9 heteroatoms. The van der Waals surface area contributed by atoms with Gasteiger partial charge in [0.05, 0.1) is 11.3 Å². The number of ketones is 1. The second-order valence-corrected chi connectivity index (χ2v) is 9.17. The number of rotatable bonds is 3. The number of carboxylic acids is 1. The molecule has 2 aliphatic rings. The number of fused-ring (bicyclic) bond motifs is 1. The maximum Gasteiger partial charge on any atom is 0.328 e. The molecule has 0 spiro atoms. The standard InChI is InChI=1S/C16H16N2O6S/c1-8(19)9-4-5-17-10(6-9)7-11-13(20)18-12(15(21)22)16(2,3)25(23,24)14(11)18/h4-7,12,14H,1-3H3,(H,21,22)/b11-7-/t12-,14+/m0/s1. The van der Waals surface area contributed by atoms with Crippen molar-refractivity contribution < 1.29 is 27.9 Å².